The van der Waals surface area contributed by atoms with Crippen LogP contribution in [0.4, 0.5) is 11.4 Å². The van der Waals surface area contributed by atoms with Gasteiger partial charge in [-0.05, 0) is 31.0 Å². The Bertz CT molecular complexity index is 456. The number of carboxylic acid groups (broad SMARTS) is 1. The molecule has 0 aromatic heterocycles. The first kappa shape index (κ1) is 14.7. The maximum absolute atomic E-state index is 10.8. The van der Waals surface area contributed by atoms with Crippen molar-refractivity contribution < 1.29 is 14.6 Å². The van der Waals surface area contributed by atoms with Gasteiger partial charge in [-0.1, -0.05) is 19.3 Å². The number of nitrogens with one attached hydrogen (secondary N) is 1. The van der Waals surface area contributed by atoms with Crippen LogP contribution in [0, 0.1) is 0 Å². The summed E-state index contributed by atoms with van der Waals surface area (Å²) >= 11 is 0. The second kappa shape index (κ2) is 7.14. The molecule has 1 aromatic rings. The second-order valence-corrected chi connectivity index (χ2v) is 5.16. The first-order chi connectivity index (χ1) is 9.66. The molecule has 0 radical (unpaired) electrons. The molecule has 0 heterocycles. The van der Waals surface area contributed by atoms with E-state index in [1.165, 1.54) is 38.2 Å². The maximum atomic E-state index is 10.8. The van der Waals surface area contributed by atoms with Gasteiger partial charge in [-0.25, -0.2) is 4.79 Å². The van der Waals surface area contributed by atoms with E-state index in [1.54, 1.807) is 12.1 Å². The Kier molecular flexibility index (Phi) is 5.24. The summed E-state index contributed by atoms with van der Waals surface area (Å²) in [6.07, 6.45) is 6.61. The molecule has 0 amide bonds. The number of benzene rings is 1. The standard InChI is InChI=1S/C15H22N2O3/c16-14-10-11(6-7-13(14)15(18)19)17-8-9-20-12-4-2-1-3-5-12/h6-7,10,12,17H,1-5,8-9,16H2,(H,18,19). The van der Waals surface area contributed by atoms with Crippen molar-refractivity contribution in [2.24, 2.45) is 0 Å². The van der Waals surface area contributed by atoms with Crippen molar-refractivity contribution in [3.63, 3.8) is 0 Å². The number of hydrogen-bond donors (Lipinski definition) is 3. The van der Waals surface area contributed by atoms with Crippen molar-refractivity contribution in [3.8, 4) is 0 Å². The molecule has 0 aliphatic heterocycles. The van der Waals surface area contributed by atoms with Crippen LogP contribution in [-0.4, -0.2) is 30.3 Å². The lowest BCUT2D eigenvalue weighted by molar-refractivity contribution is 0.0347. The third kappa shape index (κ3) is 4.13. The van der Waals surface area contributed by atoms with Crippen molar-refractivity contribution >= 4 is 17.3 Å². The predicted molar refractivity (Wildman–Crippen MR) is 79.1 cm³/mol. The van der Waals surface area contributed by atoms with E-state index in [2.05, 4.69) is 5.32 Å². The highest BCUT2D eigenvalue weighted by Crippen LogP contribution is 2.20. The molecular formula is C15H22N2O3. The Morgan fingerprint density at radius 1 is 1.35 bits per heavy atom. The maximum Gasteiger partial charge on any atom is 0.337 e. The first-order valence-electron chi connectivity index (χ1n) is 7.15. The van der Waals surface area contributed by atoms with E-state index in [9.17, 15) is 4.79 Å². The first-order valence-corrected chi connectivity index (χ1v) is 7.15. The molecule has 1 aliphatic carbocycles. The summed E-state index contributed by atoms with van der Waals surface area (Å²) in [5, 5.41) is 12.1. The molecule has 1 fully saturated rings. The lowest BCUT2D eigenvalue weighted by Gasteiger charge is -2.22. The van der Waals surface area contributed by atoms with E-state index >= 15 is 0 Å². The van der Waals surface area contributed by atoms with Gasteiger partial charge in [0.2, 0.25) is 0 Å². The zero-order valence-electron chi connectivity index (χ0n) is 11.6. The van der Waals surface area contributed by atoms with Gasteiger partial charge in [0, 0.05) is 17.9 Å². The Hall–Kier alpha value is -1.75. The van der Waals surface area contributed by atoms with E-state index in [0.29, 0.717) is 19.3 Å². The van der Waals surface area contributed by atoms with Crippen molar-refractivity contribution in [2.75, 3.05) is 24.2 Å². The molecule has 1 aromatic carbocycles. The van der Waals surface area contributed by atoms with Crippen LogP contribution in [-0.2, 0) is 4.74 Å². The fourth-order valence-electron chi connectivity index (χ4n) is 2.52. The quantitative estimate of drug-likeness (QED) is 0.550. The summed E-state index contributed by atoms with van der Waals surface area (Å²) in [6, 6.07) is 4.88. The fraction of sp³-hybridized carbons (Fsp3) is 0.533. The SMILES string of the molecule is Nc1cc(NCCOC2CCCCC2)ccc1C(=O)O. The monoisotopic (exact) mass is 278 g/mol. The number of aromatic carboxylic acids is 1. The van der Waals surface area contributed by atoms with E-state index in [0.717, 1.165) is 5.69 Å². The van der Waals surface area contributed by atoms with Gasteiger partial charge in [-0.15, -0.1) is 0 Å². The van der Waals surface area contributed by atoms with Crippen molar-refractivity contribution in [1.29, 1.82) is 0 Å². The fourth-order valence-corrected chi connectivity index (χ4v) is 2.52. The van der Waals surface area contributed by atoms with Crippen LogP contribution >= 0.6 is 0 Å². The van der Waals surface area contributed by atoms with E-state index < -0.39 is 5.97 Å². The lowest BCUT2D eigenvalue weighted by atomic mass is 9.98. The average Bonchev–Trinajstić information content (AvgIpc) is 2.44. The van der Waals surface area contributed by atoms with Crippen LogP contribution in [0.1, 0.15) is 42.5 Å². The Morgan fingerprint density at radius 3 is 2.75 bits per heavy atom. The Morgan fingerprint density at radius 2 is 2.10 bits per heavy atom. The molecule has 0 saturated heterocycles. The summed E-state index contributed by atoms with van der Waals surface area (Å²) in [6.45, 7) is 1.35. The van der Waals surface area contributed by atoms with Crippen LogP contribution in [0.5, 0.6) is 0 Å². The lowest BCUT2D eigenvalue weighted by Crippen LogP contribution is -2.20. The molecule has 0 spiro atoms. The molecule has 0 bridgehead atoms. The summed E-state index contributed by atoms with van der Waals surface area (Å²) in [4.78, 5) is 10.8. The van der Waals surface area contributed by atoms with Gasteiger partial charge >= 0.3 is 5.97 Å². The van der Waals surface area contributed by atoms with Gasteiger partial charge in [0.15, 0.2) is 0 Å². The zero-order chi connectivity index (χ0) is 14.4. The number of nitrogen functional groups attached to an aromatic ring is 1. The summed E-state index contributed by atoms with van der Waals surface area (Å²) in [5.74, 6) is -1.00. The molecule has 110 valence electrons. The molecular weight excluding hydrogens is 256 g/mol. The highest BCUT2D eigenvalue weighted by molar-refractivity contribution is 5.94. The number of ether oxygens (including phenoxy) is 1. The van der Waals surface area contributed by atoms with Crippen LogP contribution in [0.25, 0.3) is 0 Å². The predicted octanol–water partition coefficient (Wildman–Crippen LogP) is 2.73. The Balaban J connectivity index is 1.73. The third-order valence-corrected chi connectivity index (χ3v) is 3.62. The minimum Gasteiger partial charge on any atom is -0.478 e. The van der Waals surface area contributed by atoms with Crippen molar-refractivity contribution in [1.82, 2.24) is 0 Å². The van der Waals surface area contributed by atoms with Gasteiger partial charge in [-0.2, -0.15) is 0 Å². The van der Waals surface area contributed by atoms with Crippen LogP contribution < -0.4 is 11.1 Å². The van der Waals surface area contributed by atoms with E-state index in [-0.39, 0.29) is 11.3 Å². The minimum absolute atomic E-state index is 0.133. The van der Waals surface area contributed by atoms with Crippen LogP contribution in [0.15, 0.2) is 18.2 Å². The van der Waals surface area contributed by atoms with Gasteiger partial charge < -0.3 is 20.9 Å². The van der Waals surface area contributed by atoms with Crippen LogP contribution in [0.3, 0.4) is 0 Å². The van der Waals surface area contributed by atoms with Gasteiger partial charge in [0.05, 0.1) is 18.3 Å². The normalized spacial score (nSPS) is 16.0. The smallest absolute Gasteiger partial charge is 0.337 e. The summed E-state index contributed by atoms with van der Waals surface area (Å²) in [5.41, 5.74) is 6.92. The third-order valence-electron chi connectivity index (χ3n) is 3.62. The highest BCUT2D eigenvalue weighted by Gasteiger charge is 2.13. The number of anilines is 2. The topological polar surface area (TPSA) is 84.6 Å². The second-order valence-electron chi connectivity index (χ2n) is 5.16. The Labute approximate surface area is 119 Å². The summed E-state index contributed by atoms with van der Waals surface area (Å²) in [7, 11) is 0. The summed E-state index contributed by atoms with van der Waals surface area (Å²) < 4.78 is 5.81. The molecule has 1 aliphatic rings. The number of carboxylic acids is 1. The molecule has 0 unspecified atom stereocenters. The van der Waals surface area contributed by atoms with Crippen molar-refractivity contribution in [3.05, 3.63) is 23.8 Å². The molecule has 1 saturated carbocycles. The minimum atomic E-state index is -1.00. The van der Waals surface area contributed by atoms with Crippen molar-refractivity contribution in [2.45, 2.75) is 38.2 Å². The van der Waals surface area contributed by atoms with E-state index in [4.69, 9.17) is 15.6 Å². The number of nitrogens with two attached hydrogens (primary N) is 1. The molecule has 0 atom stereocenters. The van der Waals surface area contributed by atoms with Crippen LogP contribution in [0.2, 0.25) is 0 Å². The van der Waals surface area contributed by atoms with Gasteiger partial charge in [-0.3, -0.25) is 0 Å². The number of hydrogen-bond acceptors (Lipinski definition) is 4. The average molecular weight is 278 g/mol. The molecule has 2 rings (SSSR count). The number of carbonyl (C=O) groups is 1. The molecule has 5 heteroatoms. The number of rotatable bonds is 6. The highest BCUT2D eigenvalue weighted by atomic mass is 16.5. The zero-order valence-corrected chi connectivity index (χ0v) is 11.6. The van der Waals surface area contributed by atoms with Gasteiger partial charge in [0.25, 0.3) is 0 Å². The van der Waals surface area contributed by atoms with E-state index in [1.807, 2.05) is 0 Å². The molecule has 4 N–H and O–H groups in total. The largest absolute Gasteiger partial charge is 0.478 e. The molecule has 20 heavy (non-hydrogen) atoms. The molecule has 5 nitrogen and oxygen atoms in total. The van der Waals surface area contributed by atoms with Gasteiger partial charge in [0.1, 0.15) is 0 Å².